The molecule has 0 spiro atoms. The number of carbonyl (C=O) groups is 2. The fourth-order valence-electron chi connectivity index (χ4n) is 1.63. The first-order chi connectivity index (χ1) is 9.78. The zero-order valence-corrected chi connectivity index (χ0v) is 14.0. The second-order valence-electron chi connectivity index (χ2n) is 5.30. The minimum absolute atomic E-state index is 0.108. The SMILES string of the molecule is CCC(C)(CNC(=O)/C=C/c1ccc(C)cc1Br)C(=O)O. The number of rotatable bonds is 6. The van der Waals surface area contributed by atoms with E-state index in [2.05, 4.69) is 21.2 Å². The minimum Gasteiger partial charge on any atom is -0.481 e. The Bertz CT molecular complexity index is 569. The van der Waals surface area contributed by atoms with Crippen LogP contribution in [0.25, 0.3) is 6.08 Å². The van der Waals surface area contributed by atoms with Crippen molar-refractivity contribution < 1.29 is 14.7 Å². The van der Waals surface area contributed by atoms with Crippen molar-refractivity contribution in [2.75, 3.05) is 6.54 Å². The Morgan fingerprint density at radius 1 is 1.43 bits per heavy atom. The maximum atomic E-state index is 11.8. The molecule has 0 aliphatic carbocycles. The van der Waals surface area contributed by atoms with Crippen molar-refractivity contribution in [2.24, 2.45) is 5.41 Å². The zero-order valence-electron chi connectivity index (χ0n) is 12.4. The summed E-state index contributed by atoms with van der Waals surface area (Å²) in [6.07, 6.45) is 3.56. The van der Waals surface area contributed by atoms with Crippen molar-refractivity contribution in [3.05, 3.63) is 39.9 Å². The molecule has 0 aliphatic rings. The van der Waals surface area contributed by atoms with Crippen molar-refractivity contribution in [2.45, 2.75) is 27.2 Å². The topological polar surface area (TPSA) is 66.4 Å². The predicted octanol–water partition coefficient (Wildman–Crippen LogP) is 3.39. The average Bonchev–Trinajstić information content (AvgIpc) is 2.43. The number of aryl methyl sites for hydroxylation is 1. The van der Waals surface area contributed by atoms with Gasteiger partial charge in [0.1, 0.15) is 0 Å². The van der Waals surface area contributed by atoms with Crippen LogP contribution in [-0.2, 0) is 9.59 Å². The smallest absolute Gasteiger partial charge is 0.311 e. The molecule has 1 aromatic rings. The molecule has 0 saturated carbocycles. The summed E-state index contributed by atoms with van der Waals surface area (Å²) >= 11 is 3.44. The summed E-state index contributed by atoms with van der Waals surface area (Å²) in [6.45, 7) is 5.51. The highest BCUT2D eigenvalue weighted by Crippen LogP contribution is 2.21. The van der Waals surface area contributed by atoms with E-state index in [-0.39, 0.29) is 12.5 Å². The molecule has 2 N–H and O–H groups in total. The van der Waals surface area contributed by atoms with E-state index in [1.807, 2.05) is 25.1 Å². The van der Waals surface area contributed by atoms with Gasteiger partial charge < -0.3 is 10.4 Å². The van der Waals surface area contributed by atoms with Crippen molar-refractivity contribution in [1.29, 1.82) is 0 Å². The van der Waals surface area contributed by atoms with E-state index in [0.717, 1.165) is 15.6 Å². The van der Waals surface area contributed by atoms with E-state index >= 15 is 0 Å². The quantitative estimate of drug-likeness (QED) is 0.770. The summed E-state index contributed by atoms with van der Waals surface area (Å²) in [7, 11) is 0. The Labute approximate surface area is 133 Å². The lowest BCUT2D eigenvalue weighted by Crippen LogP contribution is -2.40. The Kier molecular flexibility index (Phi) is 6.15. The number of carboxylic acid groups (broad SMARTS) is 1. The number of carbonyl (C=O) groups excluding carboxylic acids is 1. The van der Waals surface area contributed by atoms with Crippen LogP contribution in [0.5, 0.6) is 0 Å². The number of hydrogen-bond donors (Lipinski definition) is 2. The van der Waals surface area contributed by atoms with Gasteiger partial charge in [0.2, 0.25) is 5.91 Å². The monoisotopic (exact) mass is 353 g/mol. The van der Waals surface area contributed by atoms with Gasteiger partial charge in [-0.1, -0.05) is 35.0 Å². The number of halogens is 1. The molecule has 0 heterocycles. The summed E-state index contributed by atoms with van der Waals surface area (Å²) in [5.41, 5.74) is 1.09. The molecule has 114 valence electrons. The number of nitrogens with one attached hydrogen (secondary N) is 1. The normalized spacial score (nSPS) is 13.9. The summed E-state index contributed by atoms with van der Waals surface area (Å²) in [5, 5.41) is 11.8. The summed E-state index contributed by atoms with van der Waals surface area (Å²) in [4.78, 5) is 22.9. The Balaban J connectivity index is 2.65. The van der Waals surface area contributed by atoms with E-state index in [9.17, 15) is 9.59 Å². The molecule has 1 rings (SSSR count). The molecule has 1 amide bonds. The lowest BCUT2D eigenvalue weighted by molar-refractivity contribution is -0.148. The molecule has 0 radical (unpaired) electrons. The molecular weight excluding hydrogens is 334 g/mol. The van der Waals surface area contributed by atoms with Gasteiger partial charge in [0.25, 0.3) is 0 Å². The van der Waals surface area contributed by atoms with Gasteiger partial charge in [-0.25, -0.2) is 0 Å². The highest BCUT2D eigenvalue weighted by molar-refractivity contribution is 9.10. The number of hydrogen-bond acceptors (Lipinski definition) is 2. The number of benzene rings is 1. The predicted molar refractivity (Wildman–Crippen MR) is 87.0 cm³/mol. The standard InChI is InChI=1S/C16H20BrNO3/c1-4-16(3,15(20)21)10-18-14(19)8-7-12-6-5-11(2)9-13(12)17/h5-9H,4,10H2,1-3H3,(H,18,19)(H,20,21)/b8-7+. The summed E-state index contributed by atoms with van der Waals surface area (Å²) in [6, 6.07) is 5.84. The van der Waals surface area contributed by atoms with E-state index in [0.29, 0.717) is 6.42 Å². The van der Waals surface area contributed by atoms with Crippen molar-refractivity contribution >= 4 is 33.9 Å². The minimum atomic E-state index is -0.937. The molecule has 1 aromatic carbocycles. The van der Waals surface area contributed by atoms with Crippen LogP contribution in [-0.4, -0.2) is 23.5 Å². The number of amides is 1. The highest BCUT2D eigenvalue weighted by Gasteiger charge is 2.31. The fourth-order valence-corrected chi connectivity index (χ4v) is 2.25. The van der Waals surface area contributed by atoms with Gasteiger partial charge in [-0.2, -0.15) is 0 Å². The van der Waals surface area contributed by atoms with E-state index in [1.54, 1.807) is 19.9 Å². The lowest BCUT2D eigenvalue weighted by Gasteiger charge is -2.22. The second kappa shape index (κ2) is 7.41. The third kappa shape index (κ3) is 5.01. The highest BCUT2D eigenvalue weighted by atomic mass is 79.9. The average molecular weight is 354 g/mol. The maximum absolute atomic E-state index is 11.8. The molecule has 0 saturated heterocycles. The van der Waals surface area contributed by atoms with Crippen LogP contribution < -0.4 is 5.32 Å². The Morgan fingerprint density at radius 2 is 2.10 bits per heavy atom. The molecule has 0 aromatic heterocycles. The first kappa shape index (κ1) is 17.4. The van der Waals surface area contributed by atoms with Crippen molar-refractivity contribution in [3.8, 4) is 0 Å². The molecule has 1 atom stereocenters. The molecule has 5 heteroatoms. The third-order valence-corrected chi connectivity index (χ3v) is 4.21. The molecule has 0 bridgehead atoms. The van der Waals surface area contributed by atoms with Crippen LogP contribution in [0.4, 0.5) is 0 Å². The fraction of sp³-hybridized carbons (Fsp3) is 0.375. The third-order valence-electron chi connectivity index (χ3n) is 3.52. The number of carboxylic acids is 1. The van der Waals surface area contributed by atoms with Gasteiger partial charge in [0, 0.05) is 17.1 Å². The van der Waals surface area contributed by atoms with E-state index in [4.69, 9.17) is 5.11 Å². The van der Waals surface area contributed by atoms with Gasteiger partial charge in [0.05, 0.1) is 5.41 Å². The van der Waals surface area contributed by atoms with Gasteiger partial charge in [0.15, 0.2) is 0 Å². The summed E-state index contributed by atoms with van der Waals surface area (Å²) < 4.78 is 0.912. The first-order valence-corrected chi connectivity index (χ1v) is 7.53. The van der Waals surface area contributed by atoms with E-state index in [1.165, 1.54) is 6.08 Å². The first-order valence-electron chi connectivity index (χ1n) is 6.74. The van der Waals surface area contributed by atoms with Crippen LogP contribution in [0.3, 0.4) is 0 Å². The molecule has 1 unspecified atom stereocenters. The molecule has 4 nitrogen and oxygen atoms in total. The van der Waals surface area contributed by atoms with Crippen LogP contribution in [0.15, 0.2) is 28.7 Å². The van der Waals surface area contributed by atoms with Crippen LogP contribution >= 0.6 is 15.9 Å². The number of aliphatic carboxylic acids is 1. The van der Waals surface area contributed by atoms with Gasteiger partial charge in [-0.3, -0.25) is 9.59 Å². The van der Waals surface area contributed by atoms with Crippen LogP contribution in [0.1, 0.15) is 31.4 Å². The molecule has 0 aliphatic heterocycles. The molecular formula is C16H20BrNO3. The largest absolute Gasteiger partial charge is 0.481 e. The van der Waals surface area contributed by atoms with Gasteiger partial charge in [-0.15, -0.1) is 0 Å². The zero-order chi connectivity index (χ0) is 16.0. The van der Waals surface area contributed by atoms with Gasteiger partial charge >= 0.3 is 5.97 Å². The Hall–Kier alpha value is -1.62. The van der Waals surface area contributed by atoms with Gasteiger partial charge in [-0.05, 0) is 43.5 Å². The van der Waals surface area contributed by atoms with Crippen LogP contribution in [0.2, 0.25) is 0 Å². The van der Waals surface area contributed by atoms with Crippen molar-refractivity contribution in [1.82, 2.24) is 5.32 Å². The van der Waals surface area contributed by atoms with Crippen molar-refractivity contribution in [3.63, 3.8) is 0 Å². The Morgan fingerprint density at radius 3 is 2.62 bits per heavy atom. The lowest BCUT2D eigenvalue weighted by atomic mass is 9.88. The summed E-state index contributed by atoms with van der Waals surface area (Å²) in [5.74, 6) is -1.21. The maximum Gasteiger partial charge on any atom is 0.311 e. The van der Waals surface area contributed by atoms with Crippen LogP contribution in [0, 0.1) is 12.3 Å². The molecule has 21 heavy (non-hydrogen) atoms. The van der Waals surface area contributed by atoms with E-state index < -0.39 is 11.4 Å². The second-order valence-corrected chi connectivity index (χ2v) is 6.15. The molecule has 0 fully saturated rings.